The lowest BCUT2D eigenvalue weighted by Crippen LogP contribution is -2.29. The van der Waals surface area contributed by atoms with Crippen LogP contribution in [0.5, 0.6) is 0 Å². The van der Waals surface area contributed by atoms with E-state index >= 15 is 0 Å². The van der Waals surface area contributed by atoms with Crippen LogP contribution in [0, 0.1) is 6.92 Å². The number of aryl methyl sites for hydroxylation is 2. The number of fused-ring (bicyclic) bond motifs is 1. The molecule has 1 saturated heterocycles. The number of thiazole rings is 1. The van der Waals surface area contributed by atoms with Gasteiger partial charge in [0.1, 0.15) is 5.76 Å². The van der Waals surface area contributed by atoms with E-state index in [1.54, 1.807) is 12.1 Å². The summed E-state index contributed by atoms with van der Waals surface area (Å²) in [5.41, 5.74) is 4.30. The summed E-state index contributed by atoms with van der Waals surface area (Å²) in [5, 5.41) is 11.6. The van der Waals surface area contributed by atoms with Crippen LogP contribution in [-0.4, -0.2) is 21.8 Å². The fraction of sp³-hybridized carbons (Fsp3) is 0.148. The molecule has 3 aromatic carbocycles. The van der Waals surface area contributed by atoms with Gasteiger partial charge in [0.05, 0.1) is 21.8 Å². The second-order valence-electron chi connectivity index (χ2n) is 8.10. The van der Waals surface area contributed by atoms with Crippen LogP contribution < -0.4 is 4.90 Å². The molecule has 1 atom stereocenters. The van der Waals surface area contributed by atoms with Crippen LogP contribution in [-0.2, 0) is 16.0 Å². The molecule has 1 fully saturated rings. The number of hydrogen-bond acceptors (Lipinski definition) is 5. The number of rotatable bonds is 4. The lowest BCUT2D eigenvalue weighted by Gasteiger charge is -2.22. The molecule has 0 saturated carbocycles. The lowest BCUT2D eigenvalue weighted by atomic mass is 9.95. The Bertz CT molecular complexity index is 1400. The quantitative estimate of drug-likeness (QED) is 0.241. The van der Waals surface area contributed by atoms with Crippen molar-refractivity contribution in [1.82, 2.24) is 4.98 Å². The average Bonchev–Trinajstić information content (AvgIpc) is 3.37. The van der Waals surface area contributed by atoms with Crippen LogP contribution in [0.1, 0.15) is 35.2 Å². The van der Waals surface area contributed by atoms with Crippen molar-refractivity contribution in [2.45, 2.75) is 26.3 Å². The first kappa shape index (κ1) is 21.1. The van der Waals surface area contributed by atoms with E-state index in [0.717, 1.165) is 27.8 Å². The predicted molar refractivity (Wildman–Crippen MR) is 131 cm³/mol. The van der Waals surface area contributed by atoms with E-state index in [0.29, 0.717) is 10.7 Å². The van der Waals surface area contributed by atoms with Gasteiger partial charge in [0.15, 0.2) is 5.13 Å². The summed E-state index contributed by atoms with van der Waals surface area (Å²) >= 11 is 1.38. The van der Waals surface area contributed by atoms with Gasteiger partial charge in [-0.15, -0.1) is 0 Å². The number of aliphatic hydroxyl groups excluding tert-OH is 1. The molecule has 1 amide bonds. The van der Waals surface area contributed by atoms with Crippen LogP contribution in [0.2, 0.25) is 0 Å². The van der Waals surface area contributed by atoms with E-state index in [1.807, 2.05) is 61.5 Å². The molecule has 0 bridgehead atoms. The monoisotopic (exact) mass is 454 g/mol. The molecule has 5 rings (SSSR count). The Hall–Kier alpha value is -3.77. The molecular weight excluding hydrogens is 432 g/mol. The Morgan fingerprint density at radius 2 is 1.76 bits per heavy atom. The van der Waals surface area contributed by atoms with Crippen LogP contribution in [0.25, 0.3) is 16.0 Å². The van der Waals surface area contributed by atoms with Gasteiger partial charge < -0.3 is 5.11 Å². The van der Waals surface area contributed by atoms with Crippen molar-refractivity contribution in [3.63, 3.8) is 0 Å². The Kier molecular flexibility index (Phi) is 5.30. The van der Waals surface area contributed by atoms with Gasteiger partial charge in [-0.25, -0.2) is 4.98 Å². The van der Waals surface area contributed by atoms with Crippen molar-refractivity contribution in [3.8, 4) is 0 Å². The van der Waals surface area contributed by atoms with Gasteiger partial charge in [0.25, 0.3) is 5.78 Å². The molecule has 0 radical (unpaired) electrons. The van der Waals surface area contributed by atoms with Crippen LogP contribution in [0.3, 0.4) is 0 Å². The highest BCUT2D eigenvalue weighted by atomic mass is 32.1. The van der Waals surface area contributed by atoms with Gasteiger partial charge in [-0.2, -0.15) is 0 Å². The highest BCUT2D eigenvalue weighted by Gasteiger charge is 2.48. The molecule has 4 aromatic rings. The van der Waals surface area contributed by atoms with E-state index in [2.05, 4.69) is 18.0 Å². The topological polar surface area (TPSA) is 70.5 Å². The summed E-state index contributed by atoms with van der Waals surface area (Å²) in [5.74, 6) is -1.58. The maximum absolute atomic E-state index is 13.3. The van der Waals surface area contributed by atoms with Crippen molar-refractivity contribution in [3.05, 3.63) is 101 Å². The molecular formula is C27H22N2O3S. The number of aromatic nitrogens is 1. The molecule has 1 aliphatic heterocycles. The summed E-state index contributed by atoms with van der Waals surface area (Å²) in [6.07, 6.45) is 0.897. The normalized spacial score (nSPS) is 17.8. The Morgan fingerprint density at radius 1 is 1.03 bits per heavy atom. The summed E-state index contributed by atoms with van der Waals surface area (Å²) < 4.78 is 0.955. The van der Waals surface area contributed by atoms with Crippen LogP contribution in [0.4, 0.5) is 5.13 Å². The predicted octanol–water partition coefficient (Wildman–Crippen LogP) is 5.79. The molecule has 6 heteroatoms. The van der Waals surface area contributed by atoms with Gasteiger partial charge in [-0.1, -0.05) is 84.5 Å². The Labute approximate surface area is 195 Å². The first-order valence-corrected chi connectivity index (χ1v) is 11.6. The van der Waals surface area contributed by atoms with Crippen molar-refractivity contribution in [2.24, 2.45) is 0 Å². The van der Waals surface area contributed by atoms with Crippen molar-refractivity contribution >= 4 is 44.1 Å². The zero-order valence-electron chi connectivity index (χ0n) is 18.3. The number of Topliss-reactive ketones (excluding diaryl/α,β-unsaturated/α-hetero) is 1. The number of benzene rings is 3. The maximum Gasteiger partial charge on any atom is 0.301 e. The molecule has 1 N–H and O–H groups in total. The number of amides is 1. The van der Waals surface area contributed by atoms with Crippen molar-refractivity contribution in [1.29, 1.82) is 0 Å². The zero-order chi connectivity index (χ0) is 23.1. The standard InChI is InChI=1S/C27H22N2O3S/c1-3-17-11-14-20-21(15-17)33-27(28-20)29-23(18-7-5-4-6-8-18)22(25(31)26(29)32)24(30)19-12-9-16(2)10-13-19/h4-15,23,30H,3H2,1-2H3/b24-22+/t23-/m1/s1. The minimum Gasteiger partial charge on any atom is -0.507 e. The van der Waals surface area contributed by atoms with Crippen LogP contribution >= 0.6 is 11.3 Å². The highest BCUT2D eigenvalue weighted by molar-refractivity contribution is 7.22. The van der Waals surface area contributed by atoms with E-state index in [4.69, 9.17) is 0 Å². The van der Waals surface area contributed by atoms with E-state index < -0.39 is 17.7 Å². The Balaban J connectivity index is 1.71. The number of ketones is 1. The Morgan fingerprint density at radius 3 is 2.45 bits per heavy atom. The summed E-state index contributed by atoms with van der Waals surface area (Å²) in [7, 11) is 0. The number of carbonyl (C=O) groups excluding carboxylic acids is 2. The molecule has 1 aliphatic rings. The summed E-state index contributed by atoms with van der Waals surface area (Å²) in [4.78, 5) is 32.6. The molecule has 1 aromatic heterocycles. The molecule has 0 unspecified atom stereocenters. The number of anilines is 1. The SMILES string of the molecule is CCc1ccc2nc(N3C(=O)C(=O)/C(=C(/O)c4ccc(C)cc4)[C@H]3c3ccccc3)sc2c1. The lowest BCUT2D eigenvalue weighted by molar-refractivity contribution is -0.132. The molecule has 2 heterocycles. The number of nitrogens with zero attached hydrogens (tertiary/aromatic N) is 2. The van der Waals surface area contributed by atoms with Gasteiger partial charge in [-0.3, -0.25) is 14.5 Å². The van der Waals surface area contributed by atoms with Crippen molar-refractivity contribution in [2.75, 3.05) is 4.90 Å². The zero-order valence-corrected chi connectivity index (χ0v) is 19.1. The fourth-order valence-electron chi connectivity index (χ4n) is 4.13. The largest absolute Gasteiger partial charge is 0.507 e. The minimum absolute atomic E-state index is 0.0727. The minimum atomic E-state index is -0.765. The maximum atomic E-state index is 13.3. The van der Waals surface area contributed by atoms with Crippen molar-refractivity contribution < 1.29 is 14.7 Å². The summed E-state index contributed by atoms with van der Waals surface area (Å²) in [6, 6.07) is 21.8. The third kappa shape index (κ3) is 3.62. The van der Waals surface area contributed by atoms with Gasteiger partial charge in [0, 0.05) is 5.56 Å². The first-order chi connectivity index (χ1) is 16.0. The van der Waals surface area contributed by atoms with Gasteiger partial charge in [-0.05, 0) is 36.6 Å². The second-order valence-corrected chi connectivity index (χ2v) is 9.11. The smallest absolute Gasteiger partial charge is 0.301 e. The molecule has 164 valence electrons. The fourth-order valence-corrected chi connectivity index (χ4v) is 5.18. The first-order valence-electron chi connectivity index (χ1n) is 10.8. The van der Waals surface area contributed by atoms with Gasteiger partial charge >= 0.3 is 5.91 Å². The van der Waals surface area contributed by atoms with Gasteiger partial charge in [0.2, 0.25) is 0 Å². The molecule has 0 aliphatic carbocycles. The second kappa shape index (κ2) is 8.30. The third-order valence-corrected chi connectivity index (χ3v) is 6.96. The highest BCUT2D eigenvalue weighted by Crippen LogP contribution is 2.44. The number of aliphatic hydroxyl groups is 1. The van der Waals surface area contributed by atoms with E-state index in [1.165, 1.54) is 21.8 Å². The average molecular weight is 455 g/mol. The van der Waals surface area contributed by atoms with E-state index in [-0.39, 0.29) is 11.3 Å². The third-order valence-electron chi connectivity index (χ3n) is 5.94. The van der Waals surface area contributed by atoms with E-state index in [9.17, 15) is 14.7 Å². The summed E-state index contributed by atoms with van der Waals surface area (Å²) in [6.45, 7) is 4.03. The molecule has 33 heavy (non-hydrogen) atoms. The number of hydrogen-bond donors (Lipinski definition) is 1. The molecule has 0 spiro atoms. The molecule has 5 nitrogen and oxygen atoms in total. The number of carbonyl (C=O) groups is 2. The van der Waals surface area contributed by atoms with Crippen LogP contribution in [0.15, 0.2) is 78.4 Å².